The summed E-state index contributed by atoms with van der Waals surface area (Å²) in [6.45, 7) is 8.56. The minimum Gasteiger partial charge on any atom is -0.304 e. The molecule has 1 atom stereocenters. The topological polar surface area (TPSA) is 76.4 Å². The Morgan fingerprint density at radius 3 is 2.25 bits per heavy atom. The van der Waals surface area contributed by atoms with Gasteiger partial charge in [0.25, 0.3) is 0 Å². The molecule has 0 spiro atoms. The summed E-state index contributed by atoms with van der Waals surface area (Å²) < 4.78 is 27.7. The van der Waals surface area contributed by atoms with Crippen molar-refractivity contribution in [1.29, 1.82) is 5.26 Å². The van der Waals surface area contributed by atoms with Gasteiger partial charge in [-0.3, -0.25) is 4.90 Å². The maximum atomic E-state index is 12.5. The van der Waals surface area contributed by atoms with Crippen LogP contribution in [-0.2, 0) is 10.0 Å². The lowest BCUT2D eigenvalue weighted by Crippen LogP contribution is -2.54. The Bertz CT molecular complexity index is 672. The molecule has 1 aromatic carbocycles. The van der Waals surface area contributed by atoms with E-state index in [9.17, 15) is 8.42 Å². The van der Waals surface area contributed by atoms with Crippen LogP contribution >= 0.6 is 0 Å². The van der Waals surface area contributed by atoms with Gasteiger partial charge in [0.2, 0.25) is 10.0 Å². The molecule has 0 bridgehead atoms. The molecule has 1 unspecified atom stereocenters. The van der Waals surface area contributed by atoms with Gasteiger partial charge in [-0.05, 0) is 37.2 Å². The van der Waals surface area contributed by atoms with E-state index in [1.54, 1.807) is 0 Å². The second kappa shape index (κ2) is 8.08. The lowest BCUT2D eigenvalue weighted by molar-refractivity contribution is 0.0905. The lowest BCUT2D eigenvalue weighted by Gasteiger charge is -2.39. The molecular formula is C17H26N4O2S. The third-order valence-corrected chi connectivity index (χ3v) is 5.99. The van der Waals surface area contributed by atoms with Gasteiger partial charge >= 0.3 is 0 Å². The molecule has 132 valence electrons. The van der Waals surface area contributed by atoms with Crippen LogP contribution in [0.5, 0.6) is 0 Å². The summed E-state index contributed by atoms with van der Waals surface area (Å²) in [7, 11) is -1.45. The zero-order valence-electron chi connectivity index (χ0n) is 14.6. The van der Waals surface area contributed by atoms with Crippen LogP contribution in [0.4, 0.5) is 0 Å². The summed E-state index contributed by atoms with van der Waals surface area (Å²) in [4.78, 5) is 4.85. The number of nitrogens with one attached hydrogen (secondary N) is 1. The van der Waals surface area contributed by atoms with E-state index in [4.69, 9.17) is 5.26 Å². The van der Waals surface area contributed by atoms with Crippen LogP contribution in [0.15, 0.2) is 29.2 Å². The molecule has 1 aliphatic rings. The zero-order chi connectivity index (χ0) is 17.7. The molecule has 1 saturated heterocycles. The van der Waals surface area contributed by atoms with Gasteiger partial charge in [-0.15, -0.1) is 0 Å². The number of hydrogen-bond donors (Lipinski definition) is 1. The first-order chi connectivity index (χ1) is 11.3. The maximum Gasteiger partial charge on any atom is 0.240 e. The van der Waals surface area contributed by atoms with Crippen molar-refractivity contribution in [3.05, 3.63) is 29.8 Å². The Hall–Kier alpha value is -1.46. The Kier molecular flexibility index (Phi) is 6.35. The molecule has 0 radical (unpaired) electrons. The van der Waals surface area contributed by atoms with Gasteiger partial charge in [0, 0.05) is 38.8 Å². The number of sulfonamides is 1. The molecule has 7 heteroatoms. The largest absolute Gasteiger partial charge is 0.304 e. The SMILES string of the molecule is CC(C)C(CNS(=O)(=O)c1ccc(C#N)cc1)N1CCN(C)CC1. The van der Waals surface area contributed by atoms with Crippen molar-refractivity contribution in [3.63, 3.8) is 0 Å². The van der Waals surface area contributed by atoms with Crippen molar-refractivity contribution in [2.75, 3.05) is 39.8 Å². The smallest absolute Gasteiger partial charge is 0.240 e. The average Bonchev–Trinajstić information content (AvgIpc) is 2.56. The first kappa shape index (κ1) is 18.9. The highest BCUT2D eigenvalue weighted by molar-refractivity contribution is 7.89. The minimum absolute atomic E-state index is 0.173. The molecule has 0 amide bonds. The van der Waals surface area contributed by atoms with E-state index in [1.165, 1.54) is 24.3 Å². The van der Waals surface area contributed by atoms with E-state index in [1.807, 2.05) is 6.07 Å². The van der Waals surface area contributed by atoms with Gasteiger partial charge in [-0.1, -0.05) is 13.8 Å². The Morgan fingerprint density at radius 2 is 1.75 bits per heavy atom. The van der Waals surface area contributed by atoms with Gasteiger partial charge in [0.15, 0.2) is 0 Å². The number of hydrogen-bond acceptors (Lipinski definition) is 5. The Morgan fingerprint density at radius 1 is 1.17 bits per heavy atom. The van der Waals surface area contributed by atoms with Gasteiger partial charge in [-0.25, -0.2) is 13.1 Å². The molecule has 0 aliphatic carbocycles. The van der Waals surface area contributed by atoms with E-state index in [-0.39, 0.29) is 10.9 Å². The normalized spacial score (nSPS) is 18.5. The van der Waals surface area contributed by atoms with Gasteiger partial charge < -0.3 is 4.90 Å². The van der Waals surface area contributed by atoms with Gasteiger partial charge in [-0.2, -0.15) is 5.26 Å². The molecule has 1 aliphatic heterocycles. The Labute approximate surface area is 145 Å². The van der Waals surface area contributed by atoms with Crippen molar-refractivity contribution >= 4 is 10.0 Å². The number of benzene rings is 1. The van der Waals surface area contributed by atoms with Crippen LogP contribution in [0.25, 0.3) is 0 Å². The van der Waals surface area contributed by atoms with Crippen molar-refractivity contribution in [2.45, 2.75) is 24.8 Å². The standard InChI is InChI=1S/C17H26N4O2S/c1-14(2)17(21-10-8-20(3)9-11-21)13-19-24(22,23)16-6-4-15(12-18)5-7-16/h4-7,14,17,19H,8-11,13H2,1-3H3. The monoisotopic (exact) mass is 350 g/mol. The summed E-state index contributed by atoms with van der Waals surface area (Å²) in [5, 5.41) is 8.81. The number of nitrogens with zero attached hydrogens (tertiary/aromatic N) is 3. The predicted octanol–water partition coefficient (Wildman–Crippen LogP) is 1.11. The molecule has 2 rings (SSSR count). The zero-order valence-corrected chi connectivity index (χ0v) is 15.4. The molecule has 1 aromatic rings. The molecule has 1 heterocycles. The summed E-state index contributed by atoms with van der Waals surface area (Å²) in [5.74, 6) is 0.358. The fraction of sp³-hybridized carbons (Fsp3) is 0.588. The fourth-order valence-corrected chi connectivity index (χ4v) is 3.98. The van der Waals surface area contributed by atoms with Crippen LogP contribution < -0.4 is 4.72 Å². The van der Waals surface area contributed by atoms with Crippen LogP contribution in [0.2, 0.25) is 0 Å². The van der Waals surface area contributed by atoms with Gasteiger partial charge in [0.05, 0.1) is 16.5 Å². The summed E-state index contributed by atoms with van der Waals surface area (Å²) >= 11 is 0. The van der Waals surface area contributed by atoms with Crippen LogP contribution in [-0.4, -0.2) is 64.0 Å². The molecule has 0 saturated carbocycles. The fourth-order valence-electron chi connectivity index (χ4n) is 2.93. The highest BCUT2D eigenvalue weighted by Gasteiger charge is 2.26. The predicted molar refractivity (Wildman–Crippen MR) is 94.0 cm³/mol. The van der Waals surface area contributed by atoms with E-state index in [0.717, 1.165) is 26.2 Å². The summed E-state index contributed by atoms with van der Waals surface area (Å²) in [5.41, 5.74) is 0.450. The van der Waals surface area contributed by atoms with Crippen LogP contribution in [0, 0.1) is 17.2 Å². The molecule has 0 aromatic heterocycles. The third-order valence-electron chi connectivity index (χ3n) is 4.55. The van der Waals surface area contributed by atoms with E-state index in [0.29, 0.717) is 18.0 Å². The van der Waals surface area contributed by atoms with E-state index >= 15 is 0 Å². The van der Waals surface area contributed by atoms with Gasteiger partial charge in [0.1, 0.15) is 0 Å². The second-order valence-electron chi connectivity index (χ2n) is 6.64. The third kappa shape index (κ3) is 4.77. The highest BCUT2D eigenvalue weighted by atomic mass is 32.2. The van der Waals surface area contributed by atoms with Crippen molar-refractivity contribution in [1.82, 2.24) is 14.5 Å². The Balaban J connectivity index is 2.03. The highest BCUT2D eigenvalue weighted by Crippen LogP contribution is 2.15. The number of piperazine rings is 1. The number of nitriles is 1. The van der Waals surface area contributed by atoms with Crippen molar-refractivity contribution in [2.24, 2.45) is 5.92 Å². The maximum absolute atomic E-state index is 12.5. The average molecular weight is 350 g/mol. The molecule has 24 heavy (non-hydrogen) atoms. The molecule has 1 N–H and O–H groups in total. The van der Waals surface area contributed by atoms with Crippen molar-refractivity contribution in [3.8, 4) is 6.07 Å². The van der Waals surface area contributed by atoms with Crippen molar-refractivity contribution < 1.29 is 8.42 Å². The molecular weight excluding hydrogens is 324 g/mol. The van der Waals surface area contributed by atoms with E-state index in [2.05, 4.69) is 35.4 Å². The second-order valence-corrected chi connectivity index (χ2v) is 8.41. The first-order valence-electron chi connectivity index (χ1n) is 8.26. The van der Waals surface area contributed by atoms with Crippen LogP contribution in [0.3, 0.4) is 0 Å². The summed E-state index contributed by atoms with van der Waals surface area (Å²) in [6.07, 6.45) is 0. The minimum atomic E-state index is -3.56. The van der Waals surface area contributed by atoms with Crippen LogP contribution in [0.1, 0.15) is 19.4 Å². The molecule has 6 nitrogen and oxygen atoms in total. The first-order valence-corrected chi connectivity index (χ1v) is 9.74. The number of likely N-dealkylation sites (N-methyl/N-ethyl adjacent to an activating group) is 1. The van der Waals surface area contributed by atoms with E-state index < -0.39 is 10.0 Å². The lowest BCUT2D eigenvalue weighted by atomic mass is 10.0. The molecule has 1 fully saturated rings. The quantitative estimate of drug-likeness (QED) is 0.832. The summed E-state index contributed by atoms with van der Waals surface area (Å²) in [6, 6.07) is 8.16. The number of rotatable bonds is 6.